The third kappa shape index (κ3) is 2.25. The molecule has 0 fully saturated rings. The van der Waals surface area contributed by atoms with Gasteiger partial charge in [-0.1, -0.05) is 0 Å². The van der Waals surface area contributed by atoms with Gasteiger partial charge in [-0.05, 0) is 23.7 Å². The van der Waals surface area contributed by atoms with E-state index in [0.717, 1.165) is 0 Å². The lowest BCUT2D eigenvalue weighted by Crippen LogP contribution is -2.14. The fourth-order valence-electron chi connectivity index (χ4n) is 0.816. The van der Waals surface area contributed by atoms with Crippen molar-refractivity contribution in [3.05, 3.63) is 23.1 Å². The Bertz CT molecular complexity index is 284. The number of hydrogen-bond acceptors (Lipinski definition) is 3. The first-order valence-corrected chi connectivity index (χ1v) is 3.70. The molecule has 1 rings (SSSR count). The molecule has 1 heterocycles. The molecule has 0 saturated heterocycles. The van der Waals surface area contributed by atoms with Crippen LogP contribution in [0, 0.1) is 0 Å². The molecule has 12 heavy (non-hydrogen) atoms. The summed E-state index contributed by atoms with van der Waals surface area (Å²) in [6.45, 7) is 0. The van der Waals surface area contributed by atoms with Crippen LogP contribution >= 0.6 is 11.6 Å². The predicted molar refractivity (Wildman–Crippen MR) is 42.9 cm³/mol. The summed E-state index contributed by atoms with van der Waals surface area (Å²) in [4.78, 5) is 10.2. The number of rotatable bonds is 3. The Morgan fingerprint density at radius 3 is 2.83 bits per heavy atom. The fourth-order valence-corrected chi connectivity index (χ4v) is 0.968. The summed E-state index contributed by atoms with van der Waals surface area (Å²) in [7, 11) is 0. The van der Waals surface area contributed by atoms with Crippen molar-refractivity contribution < 1.29 is 14.3 Å². The second-order valence-corrected chi connectivity index (χ2v) is 2.72. The summed E-state index contributed by atoms with van der Waals surface area (Å²) in [6.07, 6.45) is -0.163. The molecule has 0 saturated carbocycles. The van der Waals surface area contributed by atoms with Gasteiger partial charge in [0.05, 0.1) is 12.5 Å². The second-order valence-electron chi connectivity index (χ2n) is 2.35. The molecule has 0 unspecified atom stereocenters. The molecule has 3 N–H and O–H groups in total. The Balaban J connectivity index is 2.64. The third-order valence-electron chi connectivity index (χ3n) is 1.35. The molecule has 66 valence electrons. The number of carboxylic acids is 1. The largest absolute Gasteiger partial charge is 0.481 e. The van der Waals surface area contributed by atoms with Crippen LogP contribution in [-0.2, 0) is 4.79 Å². The van der Waals surface area contributed by atoms with Gasteiger partial charge in [-0.15, -0.1) is 0 Å². The van der Waals surface area contributed by atoms with E-state index in [4.69, 9.17) is 26.9 Å². The van der Waals surface area contributed by atoms with E-state index in [1.165, 1.54) is 6.07 Å². The highest BCUT2D eigenvalue weighted by Crippen LogP contribution is 2.20. The number of carbonyl (C=O) groups is 1. The average molecular weight is 190 g/mol. The van der Waals surface area contributed by atoms with Crippen molar-refractivity contribution in [1.82, 2.24) is 0 Å². The lowest BCUT2D eigenvalue weighted by Gasteiger charge is -2.03. The minimum atomic E-state index is -0.963. The van der Waals surface area contributed by atoms with E-state index in [1.807, 2.05) is 0 Å². The van der Waals surface area contributed by atoms with Gasteiger partial charge in [-0.2, -0.15) is 0 Å². The van der Waals surface area contributed by atoms with E-state index in [2.05, 4.69) is 0 Å². The average Bonchev–Trinajstić information content (AvgIpc) is 2.34. The lowest BCUT2D eigenvalue weighted by atomic mass is 10.2. The minimum absolute atomic E-state index is 0.163. The lowest BCUT2D eigenvalue weighted by molar-refractivity contribution is -0.137. The molecule has 0 aromatic carbocycles. The summed E-state index contributed by atoms with van der Waals surface area (Å²) in [5.41, 5.74) is 5.48. The minimum Gasteiger partial charge on any atom is -0.481 e. The summed E-state index contributed by atoms with van der Waals surface area (Å²) in [6, 6.07) is 2.46. The van der Waals surface area contributed by atoms with Crippen molar-refractivity contribution >= 4 is 17.6 Å². The van der Waals surface area contributed by atoms with Gasteiger partial charge in [0.15, 0.2) is 5.22 Å². The predicted octanol–water partition coefficient (Wildman–Crippen LogP) is 1.41. The zero-order chi connectivity index (χ0) is 9.14. The zero-order valence-electron chi connectivity index (χ0n) is 6.16. The molecule has 5 heteroatoms. The van der Waals surface area contributed by atoms with Crippen LogP contribution in [0.2, 0.25) is 5.22 Å². The molecule has 0 aliphatic rings. The summed E-state index contributed by atoms with van der Waals surface area (Å²) in [5, 5.41) is 8.61. The van der Waals surface area contributed by atoms with E-state index in [9.17, 15) is 4.79 Å². The second kappa shape index (κ2) is 3.60. The SMILES string of the molecule is N[C@@H](CC(=O)O)c1ccc(Cl)o1. The van der Waals surface area contributed by atoms with Crippen molar-refractivity contribution in [1.29, 1.82) is 0 Å². The number of carboxylic acid groups (broad SMARTS) is 1. The van der Waals surface area contributed by atoms with Crippen LogP contribution in [0.3, 0.4) is 0 Å². The summed E-state index contributed by atoms with van der Waals surface area (Å²) >= 11 is 5.47. The highest BCUT2D eigenvalue weighted by Gasteiger charge is 2.13. The number of hydrogen-bond donors (Lipinski definition) is 2. The van der Waals surface area contributed by atoms with Crippen LogP contribution in [0.25, 0.3) is 0 Å². The Labute approximate surface area is 73.9 Å². The van der Waals surface area contributed by atoms with E-state index in [1.54, 1.807) is 6.07 Å². The van der Waals surface area contributed by atoms with E-state index >= 15 is 0 Å². The highest BCUT2D eigenvalue weighted by atomic mass is 35.5. The highest BCUT2D eigenvalue weighted by molar-refractivity contribution is 6.28. The van der Waals surface area contributed by atoms with Gasteiger partial charge < -0.3 is 15.3 Å². The number of furan rings is 1. The Hall–Kier alpha value is -1.00. The molecular formula is C7H8ClNO3. The normalized spacial score (nSPS) is 12.8. The number of nitrogens with two attached hydrogens (primary N) is 1. The molecule has 0 aliphatic carbocycles. The standard InChI is InChI=1S/C7H8ClNO3/c8-6-2-1-5(12-6)4(9)3-7(10)11/h1-2,4H,3,9H2,(H,10,11)/t4-/m0/s1. The van der Waals surface area contributed by atoms with Crippen molar-refractivity contribution in [2.45, 2.75) is 12.5 Å². The summed E-state index contributed by atoms with van der Waals surface area (Å²) < 4.78 is 4.92. The van der Waals surface area contributed by atoms with Crippen LogP contribution in [-0.4, -0.2) is 11.1 Å². The molecule has 0 amide bonds. The van der Waals surface area contributed by atoms with E-state index in [0.29, 0.717) is 5.76 Å². The van der Waals surface area contributed by atoms with Crippen molar-refractivity contribution in [2.75, 3.05) is 0 Å². The smallest absolute Gasteiger partial charge is 0.305 e. The quantitative estimate of drug-likeness (QED) is 0.754. The monoisotopic (exact) mass is 189 g/mol. The van der Waals surface area contributed by atoms with E-state index < -0.39 is 12.0 Å². The van der Waals surface area contributed by atoms with Gasteiger partial charge in [0.1, 0.15) is 5.76 Å². The maximum Gasteiger partial charge on any atom is 0.305 e. The van der Waals surface area contributed by atoms with Gasteiger partial charge in [0.2, 0.25) is 0 Å². The van der Waals surface area contributed by atoms with Gasteiger partial charge in [-0.25, -0.2) is 0 Å². The molecule has 1 atom stereocenters. The van der Waals surface area contributed by atoms with Gasteiger partial charge in [0, 0.05) is 0 Å². The number of aliphatic carboxylic acids is 1. The third-order valence-corrected chi connectivity index (χ3v) is 1.56. The van der Waals surface area contributed by atoms with Gasteiger partial charge in [-0.3, -0.25) is 4.79 Å². The van der Waals surface area contributed by atoms with Crippen molar-refractivity contribution in [2.24, 2.45) is 5.73 Å². The molecule has 0 aliphatic heterocycles. The molecule has 0 radical (unpaired) electrons. The first-order valence-electron chi connectivity index (χ1n) is 3.32. The van der Waals surface area contributed by atoms with Crippen LogP contribution < -0.4 is 5.73 Å². The van der Waals surface area contributed by atoms with Crippen molar-refractivity contribution in [3.63, 3.8) is 0 Å². The molecule has 4 nitrogen and oxygen atoms in total. The Morgan fingerprint density at radius 2 is 2.42 bits per heavy atom. The molecular weight excluding hydrogens is 182 g/mol. The van der Waals surface area contributed by atoms with Crippen LogP contribution in [0.15, 0.2) is 16.5 Å². The fraction of sp³-hybridized carbons (Fsp3) is 0.286. The molecule has 1 aromatic rings. The van der Waals surface area contributed by atoms with Gasteiger partial charge >= 0.3 is 5.97 Å². The van der Waals surface area contributed by atoms with Crippen molar-refractivity contribution in [3.8, 4) is 0 Å². The first-order chi connectivity index (χ1) is 5.59. The van der Waals surface area contributed by atoms with Crippen LogP contribution in [0.5, 0.6) is 0 Å². The molecule has 0 spiro atoms. The first kappa shape index (κ1) is 9.09. The topological polar surface area (TPSA) is 76.5 Å². The Kier molecular flexibility index (Phi) is 2.73. The van der Waals surface area contributed by atoms with Crippen LogP contribution in [0.4, 0.5) is 0 Å². The maximum atomic E-state index is 10.2. The number of halogens is 1. The van der Waals surface area contributed by atoms with Crippen LogP contribution in [0.1, 0.15) is 18.2 Å². The zero-order valence-corrected chi connectivity index (χ0v) is 6.91. The molecule has 1 aromatic heterocycles. The Morgan fingerprint density at radius 1 is 1.75 bits per heavy atom. The molecule has 0 bridgehead atoms. The maximum absolute atomic E-state index is 10.2. The summed E-state index contributed by atoms with van der Waals surface area (Å²) in [5.74, 6) is -0.572. The van der Waals surface area contributed by atoms with Gasteiger partial charge in [0.25, 0.3) is 0 Å². The van der Waals surface area contributed by atoms with E-state index in [-0.39, 0.29) is 11.6 Å².